The number of hydrogen-bond acceptors (Lipinski definition) is 2. The Hall–Kier alpha value is -0.535. The Morgan fingerprint density at radius 2 is 1.77 bits per heavy atom. The maximum atomic E-state index is 5.86. The molecule has 0 N–H and O–H groups in total. The van der Waals surface area contributed by atoms with Crippen molar-refractivity contribution >= 4 is 7.85 Å². The number of likely N-dealkylation sites (N-methyl/N-ethyl adjacent to an activating group) is 1. The lowest BCUT2D eigenvalue weighted by Gasteiger charge is -2.32. The van der Waals surface area contributed by atoms with Gasteiger partial charge in [0.2, 0.25) is 0 Å². The van der Waals surface area contributed by atoms with Gasteiger partial charge in [0, 0.05) is 32.7 Å². The van der Waals surface area contributed by atoms with Crippen molar-refractivity contribution in [1.82, 2.24) is 9.80 Å². The van der Waals surface area contributed by atoms with Gasteiger partial charge in [-0.3, -0.25) is 4.90 Å². The molecule has 1 aliphatic rings. The van der Waals surface area contributed by atoms with Crippen molar-refractivity contribution in [2.75, 3.05) is 39.8 Å². The van der Waals surface area contributed by atoms with Crippen LogP contribution in [-0.4, -0.2) is 57.4 Å². The van der Waals surface area contributed by atoms with Crippen LogP contribution in [0.25, 0.3) is 0 Å². The van der Waals surface area contributed by atoms with E-state index in [1.54, 1.807) is 0 Å². The molecule has 1 aliphatic heterocycles. The normalized spacial score (nSPS) is 18.9. The largest absolute Gasteiger partial charge is 0.304 e. The lowest BCUT2D eigenvalue weighted by molar-refractivity contribution is 0.164. The second kappa shape index (κ2) is 12.0. The van der Waals surface area contributed by atoms with Crippen molar-refractivity contribution in [3.63, 3.8) is 0 Å². The Labute approximate surface area is 140 Å². The third-order valence-electron chi connectivity index (χ3n) is 4.53. The van der Waals surface area contributed by atoms with Crippen molar-refractivity contribution in [3.05, 3.63) is 23.3 Å². The van der Waals surface area contributed by atoms with Crippen molar-refractivity contribution in [2.24, 2.45) is 0 Å². The van der Waals surface area contributed by atoms with Crippen LogP contribution in [0.5, 0.6) is 0 Å². The average Bonchev–Trinajstić information content (AvgIpc) is 2.52. The molecule has 0 atom stereocenters. The molecule has 2 radical (unpaired) electrons. The summed E-state index contributed by atoms with van der Waals surface area (Å²) in [6.45, 7) is 10.5. The van der Waals surface area contributed by atoms with E-state index in [0.29, 0.717) is 0 Å². The highest BCUT2D eigenvalue weighted by Crippen LogP contribution is 2.14. The first-order valence-electron chi connectivity index (χ1n) is 9.10. The summed E-state index contributed by atoms with van der Waals surface area (Å²) in [5.41, 5.74) is 2.94. The van der Waals surface area contributed by atoms with Crippen LogP contribution in [0.1, 0.15) is 52.4 Å². The first-order valence-corrected chi connectivity index (χ1v) is 9.10. The van der Waals surface area contributed by atoms with Gasteiger partial charge in [0.15, 0.2) is 0 Å². The fraction of sp³-hybridized carbons (Fsp3) is 0.789. The minimum Gasteiger partial charge on any atom is -0.304 e. The molecule has 1 fully saturated rings. The molecule has 2 nitrogen and oxygen atoms in total. The Balaban J connectivity index is 2.24. The van der Waals surface area contributed by atoms with E-state index in [1.807, 2.05) is 0 Å². The van der Waals surface area contributed by atoms with Gasteiger partial charge in [0.25, 0.3) is 0 Å². The highest BCUT2D eigenvalue weighted by Gasteiger charge is 2.13. The minimum atomic E-state index is 0.720. The molecule has 22 heavy (non-hydrogen) atoms. The van der Waals surface area contributed by atoms with Gasteiger partial charge in [-0.05, 0) is 39.7 Å². The van der Waals surface area contributed by atoms with Gasteiger partial charge in [-0.25, -0.2) is 0 Å². The van der Waals surface area contributed by atoms with Crippen LogP contribution in [0.2, 0.25) is 6.32 Å². The number of rotatable bonds is 10. The Bertz CT molecular complexity index is 341. The molecule has 0 aromatic heterocycles. The average molecular weight is 302 g/mol. The van der Waals surface area contributed by atoms with Crippen molar-refractivity contribution in [1.29, 1.82) is 0 Å². The topological polar surface area (TPSA) is 6.48 Å². The van der Waals surface area contributed by atoms with Crippen LogP contribution >= 0.6 is 0 Å². The summed E-state index contributed by atoms with van der Waals surface area (Å²) in [6.07, 6.45) is 12.9. The predicted octanol–water partition coefficient (Wildman–Crippen LogP) is 4.05. The lowest BCUT2D eigenvalue weighted by atomic mass is 9.92. The molecule has 1 rings (SSSR count). The van der Waals surface area contributed by atoms with E-state index in [0.717, 1.165) is 25.7 Å². The van der Waals surface area contributed by atoms with Crippen LogP contribution in [0.15, 0.2) is 23.3 Å². The minimum absolute atomic E-state index is 0.720. The predicted molar refractivity (Wildman–Crippen MR) is 99.7 cm³/mol. The zero-order chi connectivity index (χ0) is 16.2. The number of nitrogens with zero attached hydrogens (tertiary/aromatic N) is 2. The maximum absolute atomic E-state index is 5.86. The first-order chi connectivity index (χ1) is 10.7. The molecule has 0 spiro atoms. The summed E-state index contributed by atoms with van der Waals surface area (Å²) in [7, 11) is 8.07. The molecule has 0 saturated carbocycles. The summed E-state index contributed by atoms with van der Waals surface area (Å²) in [4.78, 5) is 4.97. The van der Waals surface area contributed by atoms with E-state index in [9.17, 15) is 0 Å². The summed E-state index contributed by atoms with van der Waals surface area (Å²) < 4.78 is 0. The Morgan fingerprint density at radius 3 is 2.41 bits per heavy atom. The SMILES string of the molecule is [B]C/C(=C/CCCCC)CC/C=C(\C)CN1CCN(C)CC1. The number of unbranched alkanes of at least 4 members (excludes halogenated alkanes) is 3. The fourth-order valence-corrected chi connectivity index (χ4v) is 2.92. The first kappa shape index (κ1) is 19.5. The second-order valence-electron chi connectivity index (χ2n) is 6.73. The van der Waals surface area contributed by atoms with E-state index in [2.05, 4.69) is 42.8 Å². The number of piperazine rings is 1. The third kappa shape index (κ3) is 8.80. The van der Waals surface area contributed by atoms with Gasteiger partial charge >= 0.3 is 0 Å². The van der Waals surface area contributed by atoms with Crippen LogP contribution in [0, 0.1) is 0 Å². The summed E-state index contributed by atoms with van der Waals surface area (Å²) in [6, 6.07) is 0. The zero-order valence-corrected chi connectivity index (χ0v) is 15.1. The van der Waals surface area contributed by atoms with Crippen LogP contribution < -0.4 is 0 Å². The molecule has 124 valence electrons. The molecular weight excluding hydrogens is 267 g/mol. The summed E-state index contributed by atoms with van der Waals surface area (Å²) in [5, 5.41) is 0. The molecular formula is C19H35BN2. The second-order valence-corrected chi connectivity index (χ2v) is 6.73. The van der Waals surface area contributed by atoms with Crippen LogP contribution in [0.4, 0.5) is 0 Å². The maximum Gasteiger partial charge on any atom is 0.0712 e. The fourth-order valence-electron chi connectivity index (χ4n) is 2.92. The van der Waals surface area contributed by atoms with E-state index < -0.39 is 0 Å². The molecule has 0 amide bonds. The highest BCUT2D eigenvalue weighted by molar-refractivity contribution is 6.10. The van der Waals surface area contributed by atoms with Gasteiger partial charge in [0.05, 0.1) is 7.85 Å². The van der Waals surface area contributed by atoms with E-state index >= 15 is 0 Å². The van der Waals surface area contributed by atoms with Gasteiger partial charge in [-0.15, -0.1) is 0 Å². The van der Waals surface area contributed by atoms with Crippen molar-refractivity contribution in [3.8, 4) is 0 Å². The molecule has 1 heterocycles. The molecule has 1 saturated heterocycles. The van der Waals surface area contributed by atoms with Gasteiger partial charge in [-0.2, -0.15) is 0 Å². The highest BCUT2D eigenvalue weighted by atomic mass is 15.2. The van der Waals surface area contributed by atoms with Crippen molar-refractivity contribution < 1.29 is 0 Å². The lowest BCUT2D eigenvalue weighted by Crippen LogP contribution is -2.44. The van der Waals surface area contributed by atoms with E-state index in [4.69, 9.17) is 7.85 Å². The van der Waals surface area contributed by atoms with Gasteiger partial charge in [0.1, 0.15) is 0 Å². The molecule has 0 bridgehead atoms. The van der Waals surface area contributed by atoms with Gasteiger partial charge in [-0.1, -0.05) is 49.4 Å². The quantitative estimate of drug-likeness (QED) is 0.341. The van der Waals surface area contributed by atoms with Gasteiger partial charge < -0.3 is 4.90 Å². The van der Waals surface area contributed by atoms with Crippen LogP contribution in [0.3, 0.4) is 0 Å². The monoisotopic (exact) mass is 302 g/mol. The van der Waals surface area contributed by atoms with E-state index in [1.165, 1.54) is 63.0 Å². The van der Waals surface area contributed by atoms with Crippen LogP contribution in [-0.2, 0) is 0 Å². The Morgan fingerprint density at radius 1 is 1.05 bits per heavy atom. The summed E-state index contributed by atoms with van der Waals surface area (Å²) in [5.74, 6) is 0. The smallest absolute Gasteiger partial charge is 0.0712 e. The number of hydrogen-bond donors (Lipinski definition) is 0. The molecule has 0 aromatic carbocycles. The molecule has 0 aliphatic carbocycles. The summed E-state index contributed by atoms with van der Waals surface area (Å²) >= 11 is 0. The number of allylic oxidation sites excluding steroid dienone is 3. The molecule has 0 aromatic rings. The van der Waals surface area contributed by atoms with Crippen molar-refractivity contribution in [2.45, 2.75) is 58.7 Å². The Kier molecular flexibility index (Phi) is 10.6. The zero-order valence-electron chi connectivity index (χ0n) is 15.1. The standard InChI is InChI=1S/C19H35BN2/c1-4-5-6-7-10-19(16-20)11-8-9-18(2)17-22-14-12-21(3)13-15-22/h9-10H,4-8,11-17H2,1-3H3/b18-9+,19-10+. The molecule has 0 unspecified atom stereocenters. The van der Waals surface area contributed by atoms with E-state index in [-0.39, 0.29) is 0 Å². The molecule has 3 heteroatoms. The third-order valence-corrected chi connectivity index (χ3v) is 4.53.